The number of carbonyl (C=O) groups excluding carboxylic acids is 1. The predicted octanol–water partition coefficient (Wildman–Crippen LogP) is 4.40. The summed E-state index contributed by atoms with van der Waals surface area (Å²) >= 11 is 0. The third-order valence-corrected chi connectivity index (χ3v) is 5.19. The minimum absolute atomic E-state index is 0.00376. The first-order valence-corrected chi connectivity index (χ1v) is 9.84. The number of fused-ring (bicyclic) bond motifs is 1. The average molecular weight is 414 g/mol. The summed E-state index contributed by atoms with van der Waals surface area (Å²) in [4.78, 5) is 24.6. The lowest BCUT2D eigenvalue weighted by Gasteiger charge is -2.22. The summed E-state index contributed by atoms with van der Waals surface area (Å²) in [7, 11) is 0. The summed E-state index contributed by atoms with van der Waals surface area (Å²) in [6, 6.07) is 14.9. The van der Waals surface area contributed by atoms with Crippen LogP contribution in [0.5, 0.6) is 0 Å². The molecule has 0 aliphatic carbocycles. The first-order chi connectivity index (χ1) is 14.9. The van der Waals surface area contributed by atoms with Crippen molar-refractivity contribution in [2.75, 3.05) is 10.6 Å². The zero-order chi connectivity index (χ0) is 22.0. The molecule has 1 aliphatic rings. The molecule has 0 spiro atoms. The number of aromatic nitrogens is 2. The molecule has 3 N–H and O–H groups in total. The molecular weight excluding hydrogens is 392 g/mol. The van der Waals surface area contributed by atoms with Gasteiger partial charge in [0.1, 0.15) is 17.1 Å². The molecule has 0 saturated carbocycles. The Labute approximate surface area is 179 Å². The van der Waals surface area contributed by atoms with E-state index in [9.17, 15) is 14.7 Å². The number of aryl methyl sites for hydroxylation is 2. The minimum atomic E-state index is -1.11. The molecule has 4 rings (SSSR count). The zero-order valence-corrected chi connectivity index (χ0v) is 17.2. The zero-order valence-electron chi connectivity index (χ0n) is 17.2. The summed E-state index contributed by atoms with van der Waals surface area (Å²) < 4.78 is 1.60. The average Bonchev–Trinajstić information content (AvgIpc) is 3.19. The number of carboxylic acids is 1. The number of hydrogen-bond acceptors (Lipinski definition) is 4. The second kappa shape index (κ2) is 8.31. The lowest BCUT2D eigenvalue weighted by Crippen LogP contribution is -2.24. The van der Waals surface area contributed by atoms with Gasteiger partial charge in [0, 0.05) is 5.69 Å². The number of nitrogens with zero attached hydrogens (tertiary/aromatic N) is 2. The number of hydrogen-bond donors (Lipinski definition) is 3. The highest BCUT2D eigenvalue weighted by Gasteiger charge is 2.27. The van der Waals surface area contributed by atoms with Crippen molar-refractivity contribution < 1.29 is 14.7 Å². The van der Waals surface area contributed by atoms with E-state index in [1.54, 1.807) is 10.8 Å². The summed E-state index contributed by atoms with van der Waals surface area (Å²) in [5.41, 5.74) is 4.10. The van der Waals surface area contributed by atoms with Gasteiger partial charge in [0.15, 0.2) is 0 Å². The van der Waals surface area contributed by atoms with Crippen molar-refractivity contribution >= 4 is 29.5 Å². The van der Waals surface area contributed by atoms with E-state index < -0.39 is 12.0 Å². The molecule has 7 heteroatoms. The van der Waals surface area contributed by atoms with E-state index in [1.165, 1.54) is 6.20 Å². The molecule has 0 unspecified atom stereocenters. The molecule has 0 radical (unpaired) electrons. The molecule has 2 heterocycles. The molecule has 1 amide bonds. The third-order valence-electron chi connectivity index (χ3n) is 5.19. The van der Waals surface area contributed by atoms with Crippen LogP contribution >= 0.6 is 0 Å². The van der Waals surface area contributed by atoms with Crippen LogP contribution in [0.25, 0.3) is 6.08 Å². The number of rotatable bonds is 5. The smallest absolute Gasteiger partial charge is 0.352 e. The molecule has 156 valence electrons. The number of carbonyl (C=O) groups is 2. The van der Waals surface area contributed by atoms with Gasteiger partial charge >= 0.3 is 5.97 Å². The standard InChI is InChI=1S/C24H22N4O3/c1-15-8-10-18(12-16(15)2)26-23(29)20-14-25-28-19(11-9-17-6-4-3-5-7-17)13-21(24(30)31)27-22(20)28/h3-14,19,27H,1-2H3,(H,26,29)(H,30,31)/b11-9+/t19-/m0/s1. The van der Waals surface area contributed by atoms with Crippen molar-refractivity contribution in [3.05, 3.63) is 94.8 Å². The summed E-state index contributed by atoms with van der Waals surface area (Å²) in [6.45, 7) is 3.98. The number of aliphatic carboxylic acids is 1. The Kier molecular flexibility index (Phi) is 5.41. The third kappa shape index (κ3) is 4.25. The predicted molar refractivity (Wildman–Crippen MR) is 120 cm³/mol. The van der Waals surface area contributed by atoms with Gasteiger partial charge in [0.05, 0.1) is 12.2 Å². The van der Waals surface area contributed by atoms with Gasteiger partial charge < -0.3 is 15.7 Å². The molecule has 3 aromatic rings. The van der Waals surface area contributed by atoms with Crippen molar-refractivity contribution in [2.45, 2.75) is 19.9 Å². The van der Waals surface area contributed by atoms with E-state index >= 15 is 0 Å². The largest absolute Gasteiger partial charge is 0.477 e. The quantitative estimate of drug-likeness (QED) is 0.575. The molecule has 1 atom stereocenters. The Morgan fingerprint density at radius 3 is 2.61 bits per heavy atom. The van der Waals surface area contributed by atoms with E-state index in [0.717, 1.165) is 16.7 Å². The van der Waals surface area contributed by atoms with Gasteiger partial charge in [-0.25, -0.2) is 9.48 Å². The van der Waals surface area contributed by atoms with Crippen molar-refractivity contribution in [1.82, 2.24) is 9.78 Å². The number of carboxylic acid groups (broad SMARTS) is 1. The number of nitrogens with one attached hydrogen (secondary N) is 2. The van der Waals surface area contributed by atoms with Crippen LogP contribution in [0.15, 0.2) is 72.6 Å². The Bertz CT molecular complexity index is 1210. The fraction of sp³-hybridized carbons (Fsp3) is 0.125. The van der Waals surface area contributed by atoms with E-state index in [1.807, 2.05) is 74.5 Å². The highest BCUT2D eigenvalue weighted by atomic mass is 16.4. The maximum atomic E-state index is 12.9. The lowest BCUT2D eigenvalue weighted by atomic mass is 10.1. The van der Waals surface area contributed by atoms with Gasteiger partial charge in [-0.2, -0.15) is 5.10 Å². The molecule has 0 bridgehead atoms. The SMILES string of the molecule is Cc1ccc(NC(=O)c2cnn3c2NC(C(=O)O)=C[C@@H]3/C=C/c2ccccc2)cc1C. The Morgan fingerprint density at radius 2 is 1.90 bits per heavy atom. The van der Waals surface area contributed by atoms with E-state index in [-0.39, 0.29) is 17.2 Å². The van der Waals surface area contributed by atoms with E-state index in [0.29, 0.717) is 11.5 Å². The lowest BCUT2D eigenvalue weighted by molar-refractivity contribution is -0.132. The van der Waals surface area contributed by atoms with Crippen LogP contribution in [0.3, 0.4) is 0 Å². The van der Waals surface area contributed by atoms with Gasteiger partial charge in [-0.1, -0.05) is 48.6 Å². The molecule has 2 aromatic carbocycles. The Balaban J connectivity index is 1.64. The van der Waals surface area contributed by atoms with Crippen molar-refractivity contribution in [3.8, 4) is 0 Å². The highest BCUT2D eigenvalue weighted by Crippen LogP contribution is 2.30. The van der Waals surface area contributed by atoms with Gasteiger partial charge in [-0.15, -0.1) is 0 Å². The monoisotopic (exact) mass is 414 g/mol. The van der Waals surface area contributed by atoms with Gasteiger partial charge in [-0.05, 0) is 48.7 Å². The summed E-state index contributed by atoms with van der Waals surface area (Å²) in [5.74, 6) is -1.13. The van der Waals surface area contributed by atoms with Crippen LogP contribution in [0.4, 0.5) is 11.5 Å². The number of amides is 1. The van der Waals surface area contributed by atoms with Crippen LogP contribution in [0, 0.1) is 13.8 Å². The highest BCUT2D eigenvalue weighted by molar-refractivity contribution is 6.08. The summed E-state index contributed by atoms with van der Waals surface area (Å²) in [5, 5.41) is 19.6. The van der Waals surface area contributed by atoms with Crippen LogP contribution in [-0.4, -0.2) is 26.8 Å². The van der Waals surface area contributed by atoms with Crippen LogP contribution in [-0.2, 0) is 4.79 Å². The topological polar surface area (TPSA) is 96.3 Å². The van der Waals surface area contributed by atoms with Gasteiger partial charge in [0.2, 0.25) is 0 Å². The minimum Gasteiger partial charge on any atom is -0.477 e. The second-order valence-electron chi connectivity index (χ2n) is 7.38. The van der Waals surface area contributed by atoms with Crippen molar-refractivity contribution in [2.24, 2.45) is 0 Å². The first-order valence-electron chi connectivity index (χ1n) is 9.84. The number of allylic oxidation sites excluding steroid dienone is 2. The fourth-order valence-electron chi connectivity index (χ4n) is 3.34. The normalized spacial score (nSPS) is 15.2. The number of benzene rings is 2. The molecule has 0 saturated heterocycles. The maximum absolute atomic E-state index is 12.9. The van der Waals surface area contributed by atoms with Crippen LogP contribution < -0.4 is 10.6 Å². The van der Waals surface area contributed by atoms with Crippen LogP contribution in [0.1, 0.15) is 33.1 Å². The Morgan fingerprint density at radius 1 is 1.13 bits per heavy atom. The van der Waals surface area contributed by atoms with Crippen molar-refractivity contribution in [1.29, 1.82) is 0 Å². The number of anilines is 2. The molecule has 1 aliphatic heterocycles. The molecule has 31 heavy (non-hydrogen) atoms. The fourth-order valence-corrected chi connectivity index (χ4v) is 3.34. The molecule has 0 fully saturated rings. The van der Waals surface area contributed by atoms with E-state index in [4.69, 9.17) is 0 Å². The molecular formula is C24H22N4O3. The Hall–Kier alpha value is -4.13. The van der Waals surface area contributed by atoms with Gasteiger partial charge in [0.25, 0.3) is 5.91 Å². The van der Waals surface area contributed by atoms with Crippen LogP contribution in [0.2, 0.25) is 0 Å². The van der Waals surface area contributed by atoms with E-state index in [2.05, 4.69) is 15.7 Å². The van der Waals surface area contributed by atoms with Crippen molar-refractivity contribution in [3.63, 3.8) is 0 Å². The first kappa shape index (κ1) is 20.2. The molecule has 7 nitrogen and oxygen atoms in total. The van der Waals surface area contributed by atoms with Gasteiger partial charge in [-0.3, -0.25) is 4.79 Å². The molecule has 1 aromatic heterocycles. The maximum Gasteiger partial charge on any atom is 0.352 e. The summed E-state index contributed by atoms with van der Waals surface area (Å²) in [6.07, 6.45) is 6.75. The second-order valence-corrected chi connectivity index (χ2v) is 7.38.